The number of nitrogens with zero attached hydrogens (tertiary/aromatic N) is 2. The highest BCUT2D eigenvalue weighted by molar-refractivity contribution is 5.92. The molecule has 0 unspecified atom stereocenters. The summed E-state index contributed by atoms with van der Waals surface area (Å²) in [6.45, 7) is 7.50. The SMILES string of the molecule is C=C(C)C(=O)NCCCc1nc2ccccc2n1CCCOc1ccccc1. The highest BCUT2D eigenvalue weighted by Crippen LogP contribution is 2.18. The number of ether oxygens (including phenoxy) is 1. The van der Waals surface area contributed by atoms with Crippen molar-refractivity contribution < 1.29 is 9.53 Å². The molecule has 1 N–H and O–H groups in total. The Morgan fingerprint density at radius 2 is 1.86 bits per heavy atom. The van der Waals surface area contributed by atoms with Gasteiger partial charge >= 0.3 is 0 Å². The van der Waals surface area contributed by atoms with Crippen molar-refractivity contribution in [2.75, 3.05) is 13.2 Å². The number of rotatable bonds is 10. The van der Waals surface area contributed by atoms with E-state index in [0.717, 1.165) is 48.4 Å². The van der Waals surface area contributed by atoms with E-state index in [-0.39, 0.29) is 5.91 Å². The van der Waals surface area contributed by atoms with Crippen LogP contribution in [0.3, 0.4) is 0 Å². The Kier molecular flexibility index (Phi) is 6.84. The average molecular weight is 377 g/mol. The number of para-hydroxylation sites is 3. The molecule has 5 nitrogen and oxygen atoms in total. The molecule has 3 aromatic rings. The number of amides is 1. The lowest BCUT2D eigenvalue weighted by Gasteiger charge is -2.11. The number of aryl methyl sites for hydroxylation is 2. The van der Waals surface area contributed by atoms with Gasteiger partial charge in [0, 0.05) is 25.1 Å². The van der Waals surface area contributed by atoms with Gasteiger partial charge in [0.2, 0.25) is 5.91 Å². The predicted octanol–water partition coefficient (Wildman–Crippen LogP) is 4.13. The minimum atomic E-state index is -0.0911. The van der Waals surface area contributed by atoms with Crippen LogP contribution in [-0.4, -0.2) is 28.6 Å². The highest BCUT2D eigenvalue weighted by atomic mass is 16.5. The van der Waals surface area contributed by atoms with Crippen LogP contribution in [0.2, 0.25) is 0 Å². The molecule has 0 saturated carbocycles. The summed E-state index contributed by atoms with van der Waals surface area (Å²) in [6, 6.07) is 18.1. The molecule has 1 heterocycles. The summed E-state index contributed by atoms with van der Waals surface area (Å²) in [7, 11) is 0. The first-order valence-electron chi connectivity index (χ1n) is 9.71. The number of hydrogen-bond acceptors (Lipinski definition) is 3. The van der Waals surface area contributed by atoms with Crippen LogP contribution in [0.4, 0.5) is 0 Å². The first-order chi connectivity index (χ1) is 13.6. The third-order valence-electron chi connectivity index (χ3n) is 4.52. The number of fused-ring (bicyclic) bond motifs is 1. The van der Waals surface area contributed by atoms with Crippen molar-refractivity contribution in [3.05, 3.63) is 72.6 Å². The quantitative estimate of drug-likeness (QED) is 0.427. The third-order valence-corrected chi connectivity index (χ3v) is 4.52. The standard InChI is InChI=1S/C23H27N3O2/c1-18(2)23(27)24-15-8-14-22-25-20-12-6-7-13-21(20)26(22)16-9-17-28-19-10-4-3-5-11-19/h3-7,10-13H,1,8-9,14-17H2,2H3,(H,24,27). The molecule has 0 atom stereocenters. The zero-order chi connectivity index (χ0) is 19.8. The smallest absolute Gasteiger partial charge is 0.246 e. The molecule has 146 valence electrons. The molecule has 0 aliphatic rings. The summed E-state index contributed by atoms with van der Waals surface area (Å²) in [5, 5.41) is 2.88. The lowest BCUT2D eigenvalue weighted by molar-refractivity contribution is -0.117. The minimum Gasteiger partial charge on any atom is -0.494 e. The summed E-state index contributed by atoms with van der Waals surface area (Å²) in [6.07, 6.45) is 2.54. The van der Waals surface area contributed by atoms with E-state index in [1.54, 1.807) is 6.92 Å². The Hall–Kier alpha value is -3.08. The molecule has 1 amide bonds. The maximum absolute atomic E-state index is 11.6. The maximum atomic E-state index is 11.6. The van der Waals surface area contributed by atoms with Crippen LogP contribution in [0.25, 0.3) is 11.0 Å². The van der Waals surface area contributed by atoms with E-state index in [1.807, 2.05) is 48.5 Å². The normalized spacial score (nSPS) is 10.8. The molecule has 1 aromatic heterocycles. The van der Waals surface area contributed by atoms with Crippen molar-refractivity contribution in [1.82, 2.24) is 14.9 Å². The number of hydrogen-bond donors (Lipinski definition) is 1. The van der Waals surface area contributed by atoms with Crippen LogP contribution in [0.1, 0.15) is 25.6 Å². The van der Waals surface area contributed by atoms with Crippen molar-refractivity contribution in [2.24, 2.45) is 0 Å². The Bertz CT molecular complexity index is 931. The second kappa shape index (κ2) is 9.74. The summed E-state index contributed by atoms with van der Waals surface area (Å²) < 4.78 is 8.08. The van der Waals surface area contributed by atoms with E-state index < -0.39 is 0 Å². The van der Waals surface area contributed by atoms with Gasteiger partial charge < -0.3 is 14.6 Å². The lowest BCUT2D eigenvalue weighted by Crippen LogP contribution is -2.25. The van der Waals surface area contributed by atoms with Crippen LogP contribution in [0.5, 0.6) is 5.75 Å². The Morgan fingerprint density at radius 1 is 1.11 bits per heavy atom. The molecular weight excluding hydrogens is 350 g/mol. The largest absolute Gasteiger partial charge is 0.494 e. The molecule has 2 aromatic carbocycles. The van der Waals surface area contributed by atoms with Gasteiger partial charge in [-0.2, -0.15) is 0 Å². The fourth-order valence-corrected chi connectivity index (χ4v) is 3.09. The van der Waals surface area contributed by atoms with E-state index in [2.05, 4.69) is 22.5 Å². The number of imidazole rings is 1. The number of nitrogens with one attached hydrogen (secondary N) is 1. The molecule has 3 rings (SSSR count). The predicted molar refractivity (Wildman–Crippen MR) is 112 cm³/mol. The van der Waals surface area contributed by atoms with Crippen LogP contribution in [-0.2, 0) is 17.8 Å². The third kappa shape index (κ3) is 5.22. The van der Waals surface area contributed by atoms with Gasteiger partial charge in [-0.1, -0.05) is 36.9 Å². The van der Waals surface area contributed by atoms with Gasteiger partial charge in [-0.05, 0) is 44.0 Å². The Balaban J connectivity index is 1.58. The summed E-state index contributed by atoms with van der Waals surface area (Å²) in [5.41, 5.74) is 2.68. The van der Waals surface area contributed by atoms with E-state index in [4.69, 9.17) is 9.72 Å². The van der Waals surface area contributed by atoms with E-state index >= 15 is 0 Å². The van der Waals surface area contributed by atoms with Crippen molar-refractivity contribution in [2.45, 2.75) is 32.7 Å². The molecule has 0 fully saturated rings. The summed E-state index contributed by atoms with van der Waals surface area (Å²) in [4.78, 5) is 16.4. The monoisotopic (exact) mass is 377 g/mol. The van der Waals surface area contributed by atoms with Crippen molar-refractivity contribution in [3.8, 4) is 5.75 Å². The van der Waals surface area contributed by atoms with Gasteiger partial charge in [-0.15, -0.1) is 0 Å². The first-order valence-corrected chi connectivity index (χ1v) is 9.71. The molecule has 0 aliphatic heterocycles. The molecule has 0 spiro atoms. The fourth-order valence-electron chi connectivity index (χ4n) is 3.09. The van der Waals surface area contributed by atoms with Gasteiger partial charge in [0.15, 0.2) is 0 Å². The zero-order valence-electron chi connectivity index (χ0n) is 16.4. The van der Waals surface area contributed by atoms with E-state index in [0.29, 0.717) is 18.7 Å². The first kappa shape index (κ1) is 19.7. The molecule has 0 aliphatic carbocycles. The van der Waals surface area contributed by atoms with E-state index in [1.165, 1.54) is 0 Å². The van der Waals surface area contributed by atoms with Gasteiger partial charge in [0.05, 0.1) is 17.6 Å². The highest BCUT2D eigenvalue weighted by Gasteiger charge is 2.10. The molecule has 0 bridgehead atoms. The van der Waals surface area contributed by atoms with Crippen molar-refractivity contribution in [1.29, 1.82) is 0 Å². The van der Waals surface area contributed by atoms with Crippen molar-refractivity contribution in [3.63, 3.8) is 0 Å². The maximum Gasteiger partial charge on any atom is 0.246 e. The molecular formula is C23H27N3O2. The van der Waals surface area contributed by atoms with Gasteiger partial charge in [-0.3, -0.25) is 4.79 Å². The lowest BCUT2D eigenvalue weighted by atomic mass is 10.2. The minimum absolute atomic E-state index is 0.0911. The van der Waals surface area contributed by atoms with Crippen molar-refractivity contribution >= 4 is 16.9 Å². The summed E-state index contributed by atoms with van der Waals surface area (Å²) >= 11 is 0. The number of benzene rings is 2. The van der Waals surface area contributed by atoms with Crippen LogP contribution in [0.15, 0.2) is 66.7 Å². The second-order valence-corrected chi connectivity index (χ2v) is 6.82. The van der Waals surface area contributed by atoms with Gasteiger partial charge in [-0.25, -0.2) is 4.98 Å². The topological polar surface area (TPSA) is 56.2 Å². The number of aromatic nitrogens is 2. The Labute approximate surface area is 166 Å². The molecule has 5 heteroatoms. The van der Waals surface area contributed by atoms with Crippen LogP contribution in [0, 0.1) is 0 Å². The van der Waals surface area contributed by atoms with Gasteiger partial charge in [0.1, 0.15) is 11.6 Å². The van der Waals surface area contributed by atoms with Crippen LogP contribution < -0.4 is 10.1 Å². The number of carbonyl (C=O) groups excluding carboxylic acids is 1. The summed E-state index contributed by atoms with van der Waals surface area (Å²) in [5.74, 6) is 1.85. The number of carbonyl (C=O) groups is 1. The molecule has 0 radical (unpaired) electrons. The fraction of sp³-hybridized carbons (Fsp3) is 0.304. The van der Waals surface area contributed by atoms with Crippen LogP contribution >= 0.6 is 0 Å². The van der Waals surface area contributed by atoms with E-state index in [9.17, 15) is 4.79 Å². The molecule has 0 saturated heterocycles. The Morgan fingerprint density at radius 3 is 2.64 bits per heavy atom. The second-order valence-electron chi connectivity index (χ2n) is 6.82. The van der Waals surface area contributed by atoms with Gasteiger partial charge in [0.25, 0.3) is 0 Å². The zero-order valence-corrected chi connectivity index (χ0v) is 16.4. The average Bonchev–Trinajstić information content (AvgIpc) is 3.06. The molecule has 28 heavy (non-hydrogen) atoms.